The number of nitrogens with zero attached hydrogens (tertiary/aromatic N) is 5. The quantitative estimate of drug-likeness (QED) is 0.782. The third-order valence-electron chi connectivity index (χ3n) is 3.42. The third-order valence-corrected chi connectivity index (χ3v) is 3.42. The lowest BCUT2D eigenvalue weighted by atomic mass is 10.1. The van der Waals surface area contributed by atoms with Crippen molar-refractivity contribution < 1.29 is 0 Å². The number of anilines is 2. The van der Waals surface area contributed by atoms with Gasteiger partial charge >= 0.3 is 0 Å². The van der Waals surface area contributed by atoms with Crippen LogP contribution in [0.25, 0.3) is 11.1 Å². The molecule has 3 aromatic heterocycles. The molecule has 0 fully saturated rings. The van der Waals surface area contributed by atoms with Crippen LogP contribution in [0.4, 0.5) is 11.6 Å². The highest BCUT2D eigenvalue weighted by Crippen LogP contribution is 2.25. The Hall–Kier alpha value is -3.20. The number of pyridine rings is 2. The minimum atomic E-state index is 0.447. The molecule has 0 amide bonds. The van der Waals surface area contributed by atoms with Crippen LogP contribution in [0.5, 0.6) is 0 Å². The molecule has 0 saturated carbocycles. The van der Waals surface area contributed by atoms with Gasteiger partial charge in [-0.25, -0.2) is 9.97 Å². The van der Waals surface area contributed by atoms with Gasteiger partial charge in [0.25, 0.3) is 0 Å². The van der Waals surface area contributed by atoms with Gasteiger partial charge in [-0.15, -0.1) is 0 Å². The van der Waals surface area contributed by atoms with Gasteiger partial charge in [0.15, 0.2) is 0 Å². The molecule has 0 aliphatic carbocycles. The second kappa shape index (κ2) is 6.71. The highest BCUT2D eigenvalue weighted by Gasteiger charge is 2.08. The van der Waals surface area contributed by atoms with Crippen LogP contribution in [0.1, 0.15) is 12.0 Å². The Bertz CT molecular complexity index is 832. The monoisotopic (exact) mass is 304 g/mol. The predicted octanol–water partition coefficient (Wildman–Crippen LogP) is 3.31. The van der Waals surface area contributed by atoms with E-state index in [-0.39, 0.29) is 0 Å². The van der Waals surface area contributed by atoms with Crippen LogP contribution in [0.3, 0.4) is 0 Å². The molecule has 0 atom stereocenters. The highest BCUT2D eigenvalue weighted by molar-refractivity contribution is 5.69. The Morgan fingerprint density at radius 1 is 1.22 bits per heavy atom. The van der Waals surface area contributed by atoms with Crippen molar-refractivity contribution in [2.24, 2.45) is 0 Å². The normalized spacial score (nSPS) is 10.3. The fourth-order valence-electron chi connectivity index (χ4n) is 2.26. The first-order valence-corrected chi connectivity index (χ1v) is 7.31. The van der Waals surface area contributed by atoms with E-state index in [9.17, 15) is 0 Å². The maximum atomic E-state index is 8.66. The molecule has 114 valence electrons. The predicted molar refractivity (Wildman–Crippen MR) is 87.9 cm³/mol. The van der Waals surface area contributed by atoms with Crippen LogP contribution in [-0.2, 0) is 6.54 Å². The number of hydrogen-bond donors (Lipinski definition) is 1. The Labute approximate surface area is 134 Å². The third kappa shape index (κ3) is 3.52. The van der Waals surface area contributed by atoms with Gasteiger partial charge in [-0.05, 0) is 36.2 Å². The fourth-order valence-corrected chi connectivity index (χ4v) is 2.26. The number of nitrogens with one attached hydrogen (secondary N) is 1. The number of aromatic nitrogens is 4. The zero-order chi connectivity index (χ0) is 16.1. The average Bonchev–Trinajstić information content (AvgIpc) is 3.04. The van der Waals surface area contributed by atoms with Crippen molar-refractivity contribution in [2.45, 2.75) is 19.9 Å². The standard InChI is InChI=1S/C17H16N6/c1-13-10-20-17(22-16-5-2-3-7-19-16)9-15(13)14-11-21-23(12-14)8-4-6-18/h2-3,5,7,9-12H,4,8H2,1H3,(H,19,20,22). The molecule has 0 bridgehead atoms. The number of aryl methyl sites for hydroxylation is 2. The summed E-state index contributed by atoms with van der Waals surface area (Å²) in [7, 11) is 0. The zero-order valence-corrected chi connectivity index (χ0v) is 12.8. The minimum Gasteiger partial charge on any atom is -0.325 e. The molecule has 0 aromatic carbocycles. The van der Waals surface area contributed by atoms with Crippen molar-refractivity contribution in [1.29, 1.82) is 5.26 Å². The molecule has 3 rings (SSSR count). The van der Waals surface area contributed by atoms with Crippen molar-refractivity contribution in [1.82, 2.24) is 19.7 Å². The van der Waals surface area contributed by atoms with Crippen LogP contribution < -0.4 is 5.32 Å². The molecule has 3 aromatic rings. The van der Waals surface area contributed by atoms with Crippen molar-refractivity contribution >= 4 is 11.6 Å². The maximum absolute atomic E-state index is 8.66. The number of nitriles is 1. The Balaban J connectivity index is 1.86. The fraction of sp³-hybridized carbons (Fsp3) is 0.176. The molecule has 0 radical (unpaired) electrons. The van der Waals surface area contributed by atoms with Gasteiger partial charge in [0.2, 0.25) is 0 Å². The van der Waals surface area contributed by atoms with Gasteiger partial charge in [0, 0.05) is 24.2 Å². The summed E-state index contributed by atoms with van der Waals surface area (Å²) in [5.74, 6) is 1.48. The molecule has 0 saturated heterocycles. The molecular weight excluding hydrogens is 288 g/mol. The Morgan fingerprint density at radius 3 is 2.91 bits per heavy atom. The molecule has 6 heteroatoms. The summed E-state index contributed by atoms with van der Waals surface area (Å²) in [5, 5.41) is 16.1. The molecule has 1 N–H and O–H groups in total. The van der Waals surface area contributed by atoms with Crippen LogP contribution in [0.15, 0.2) is 49.1 Å². The number of rotatable bonds is 5. The summed E-state index contributed by atoms with van der Waals surface area (Å²) in [6, 6.07) is 9.79. The molecule has 0 spiro atoms. The van der Waals surface area contributed by atoms with E-state index in [0.29, 0.717) is 13.0 Å². The van der Waals surface area contributed by atoms with Gasteiger partial charge in [0.05, 0.1) is 25.2 Å². The smallest absolute Gasteiger partial charge is 0.132 e. The summed E-state index contributed by atoms with van der Waals surface area (Å²) in [6.45, 7) is 2.61. The van der Waals surface area contributed by atoms with E-state index in [1.54, 1.807) is 10.9 Å². The van der Waals surface area contributed by atoms with Gasteiger partial charge in [-0.2, -0.15) is 10.4 Å². The van der Waals surface area contributed by atoms with E-state index in [4.69, 9.17) is 5.26 Å². The first-order chi connectivity index (χ1) is 11.3. The lowest BCUT2D eigenvalue weighted by molar-refractivity contribution is 0.628. The first-order valence-electron chi connectivity index (χ1n) is 7.31. The molecule has 6 nitrogen and oxygen atoms in total. The van der Waals surface area contributed by atoms with E-state index in [2.05, 4.69) is 26.5 Å². The molecule has 0 aliphatic heterocycles. The first kappa shape index (κ1) is 14.7. The van der Waals surface area contributed by atoms with Gasteiger partial charge < -0.3 is 5.32 Å². The van der Waals surface area contributed by atoms with Gasteiger partial charge in [-0.3, -0.25) is 4.68 Å². The largest absolute Gasteiger partial charge is 0.325 e. The SMILES string of the molecule is Cc1cnc(Nc2ccccn2)cc1-c1cnn(CCC#N)c1. The second-order valence-electron chi connectivity index (χ2n) is 5.12. The van der Waals surface area contributed by atoms with Crippen LogP contribution in [0, 0.1) is 18.3 Å². The molecule has 23 heavy (non-hydrogen) atoms. The van der Waals surface area contributed by atoms with E-state index in [0.717, 1.165) is 28.3 Å². The van der Waals surface area contributed by atoms with E-state index in [1.165, 1.54) is 0 Å². The van der Waals surface area contributed by atoms with Crippen LogP contribution >= 0.6 is 0 Å². The zero-order valence-electron chi connectivity index (χ0n) is 12.8. The summed E-state index contributed by atoms with van der Waals surface area (Å²) >= 11 is 0. The van der Waals surface area contributed by atoms with E-state index in [1.807, 2.05) is 49.8 Å². The molecule has 0 aliphatic rings. The van der Waals surface area contributed by atoms with Crippen LogP contribution in [0.2, 0.25) is 0 Å². The molecular formula is C17H16N6. The maximum Gasteiger partial charge on any atom is 0.132 e. The van der Waals surface area contributed by atoms with Gasteiger partial charge in [0.1, 0.15) is 11.6 Å². The average molecular weight is 304 g/mol. The van der Waals surface area contributed by atoms with Crippen molar-refractivity contribution in [2.75, 3.05) is 5.32 Å². The summed E-state index contributed by atoms with van der Waals surface area (Å²) in [6.07, 6.45) is 7.77. The summed E-state index contributed by atoms with van der Waals surface area (Å²) in [5.41, 5.74) is 3.13. The molecule has 3 heterocycles. The summed E-state index contributed by atoms with van der Waals surface area (Å²) in [4.78, 5) is 8.63. The highest BCUT2D eigenvalue weighted by atomic mass is 15.3. The lowest BCUT2D eigenvalue weighted by Gasteiger charge is -2.08. The number of hydrogen-bond acceptors (Lipinski definition) is 5. The van der Waals surface area contributed by atoms with Crippen molar-refractivity contribution in [3.63, 3.8) is 0 Å². The second-order valence-corrected chi connectivity index (χ2v) is 5.12. The lowest BCUT2D eigenvalue weighted by Crippen LogP contribution is -1.97. The van der Waals surface area contributed by atoms with Gasteiger partial charge in [-0.1, -0.05) is 6.07 Å². The minimum absolute atomic E-state index is 0.447. The molecule has 0 unspecified atom stereocenters. The Morgan fingerprint density at radius 2 is 2.13 bits per heavy atom. The van der Waals surface area contributed by atoms with Crippen molar-refractivity contribution in [3.05, 3.63) is 54.6 Å². The summed E-state index contributed by atoms with van der Waals surface area (Å²) < 4.78 is 1.78. The van der Waals surface area contributed by atoms with E-state index >= 15 is 0 Å². The van der Waals surface area contributed by atoms with E-state index < -0.39 is 0 Å². The topological polar surface area (TPSA) is 79.4 Å². The van der Waals surface area contributed by atoms with Crippen LogP contribution in [-0.4, -0.2) is 19.7 Å². The van der Waals surface area contributed by atoms with Crippen molar-refractivity contribution in [3.8, 4) is 17.2 Å². The Kier molecular flexibility index (Phi) is 4.29.